The van der Waals surface area contributed by atoms with Crippen LogP contribution < -0.4 is 24.8 Å². The first-order chi connectivity index (χ1) is 19.0. The number of carbonyl (C=O) groups is 1. The number of carbonyl (C=O) groups excluding carboxylic acids is 1. The van der Waals surface area contributed by atoms with E-state index in [2.05, 4.69) is 16.7 Å². The summed E-state index contributed by atoms with van der Waals surface area (Å²) in [6, 6.07) is 21.4. The predicted octanol–water partition coefficient (Wildman–Crippen LogP) is 4.77. The van der Waals surface area contributed by atoms with Crippen LogP contribution in [0.3, 0.4) is 0 Å². The van der Waals surface area contributed by atoms with Gasteiger partial charge in [-0.15, -0.1) is 5.10 Å². The molecule has 2 N–H and O–H groups in total. The van der Waals surface area contributed by atoms with E-state index in [1.165, 1.54) is 7.11 Å². The van der Waals surface area contributed by atoms with Crippen LogP contribution in [0.4, 0.5) is 11.6 Å². The lowest BCUT2D eigenvalue weighted by atomic mass is 9.94. The van der Waals surface area contributed by atoms with Crippen LogP contribution in [0.1, 0.15) is 24.1 Å². The number of amides is 1. The van der Waals surface area contributed by atoms with Crippen LogP contribution in [0.5, 0.6) is 17.2 Å². The number of hydrogen-bond acceptors (Lipinski definition) is 8. The van der Waals surface area contributed by atoms with Gasteiger partial charge in [0, 0.05) is 16.9 Å². The number of nitrogens with zero attached hydrogens (tertiary/aromatic N) is 4. The number of methoxy groups -OCH3 is 3. The third-order valence-corrected chi connectivity index (χ3v) is 6.41. The smallest absolute Gasteiger partial charge is 0.255 e. The van der Waals surface area contributed by atoms with Crippen molar-refractivity contribution in [1.29, 1.82) is 5.26 Å². The Hall–Kier alpha value is -5.30. The number of aromatic nitrogens is 3. The van der Waals surface area contributed by atoms with E-state index in [9.17, 15) is 10.1 Å². The van der Waals surface area contributed by atoms with Crippen molar-refractivity contribution in [1.82, 2.24) is 14.8 Å². The summed E-state index contributed by atoms with van der Waals surface area (Å²) in [5, 5.41) is 20.3. The normalized spacial score (nSPS) is 14.1. The second-order valence-corrected chi connectivity index (χ2v) is 8.74. The Morgan fingerprint density at radius 3 is 2.26 bits per heavy atom. The minimum Gasteiger partial charge on any atom is -0.493 e. The van der Waals surface area contributed by atoms with Crippen molar-refractivity contribution in [3.8, 4) is 34.7 Å². The summed E-state index contributed by atoms with van der Waals surface area (Å²) in [6.07, 6.45) is 0. The minimum atomic E-state index is -0.610. The highest BCUT2D eigenvalue weighted by molar-refractivity contribution is 6.06. The van der Waals surface area contributed by atoms with Gasteiger partial charge in [0.2, 0.25) is 11.7 Å². The van der Waals surface area contributed by atoms with Crippen molar-refractivity contribution in [2.24, 2.45) is 0 Å². The van der Waals surface area contributed by atoms with Gasteiger partial charge in [0.15, 0.2) is 17.3 Å². The lowest BCUT2D eigenvalue weighted by molar-refractivity contribution is -0.113. The number of benzene rings is 3. The van der Waals surface area contributed by atoms with E-state index in [-0.39, 0.29) is 5.91 Å². The van der Waals surface area contributed by atoms with Gasteiger partial charge in [-0.3, -0.25) is 4.79 Å². The van der Waals surface area contributed by atoms with Crippen molar-refractivity contribution in [2.45, 2.75) is 13.0 Å². The summed E-state index contributed by atoms with van der Waals surface area (Å²) in [5.41, 5.74) is 3.70. The largest absolute Gasteiger partial charge is 0.493 e. The number of rotatable bonds is 7. The number of ether oxygens (including phenoxy) is 3. The van der Waals surface area contributed by atoms with Crippen LogP contribution in [-0.2, 0) is 4.79 Å². The van der Waals surface area contributed by atoms with Crippen LogP contribution in [-0.4, -0.2) is 42.0 Å². The first-order valence-corrected chi connectivity index (χ1v) is 12.1. The highest BCUT2D eigenvalue weighted by Crippen LogP contribution is 2.42. The van der Waals surface area contributed by atoms with E-state index in [4.69, 9.17) is 24.3 Å². The maximum Gasteiger partial charge on any atom is 0.255 e. The van der Waals surface area contributed by atoms with Crippen LogP contribution in [0.15, 0.2) is 78.0 Å². The number of allylic oxidation sites excluding steroid dienone is 1. The minimum absolute atomic E-state index is 0.281. The first kappa shape index (κ1) is 25.4. The molecule has 0 aliphatic carbocycles. The SMILES string of the molecule is COc1cc(-c2nc3n(n2)C(c2ccc(C#N)cc2)C(C(=O)Nc2ccccc2)=C(C)N3)cc(OC)c1OC. The number of hydrogen-bond donors (Lipinski definition) is 2. The summed E-state index contributed by atoms with van der Waals surface area (Å²) < 4.78 is 18.1. The maximum absolute atomic E-state index is 13.6. The molecule has 1 atom stereocenters. The molecule has 1 unspecified atom stereocenters. The van der Waals surface area contributed by atoms with E-state index in [0.717, 1.165) is 5.56 Å². The van der Waals surface area contributed by atoms with E-state index in [1.54, 1.807) is 43.2 Å². The van der Waals surface area contributed by atoms with Crippen LogP contribution in [0.25, 0.3) is 11.4 Å². The van der Waals surface area contributed by atoms with Gasteiger partial charge >= 0.3 is 0 Å². The fourth-order valence-corrected chi connectivity index (χ4v) is 4.55. The van der Waals surface area contributed by atoms with Gasteiger partial charge in [0.1, 0.15) is 6.04 Å². The first-order valence-electron chi connectivity index (χ1n) is 12.1. The van der Waals surface area contributed by atoms with E-state index < -0.39 is 6.04 Å². The molecule has 4 aromatic rings. The molecule has 0 fully saturated rings. The summed E-state index contributed by atoms with van der Waals surface area (Å²) in [6.45, 7) is 1.83. The molecule has 1 aromatic heterocycles. The summed E-state index contributed by atoms with van der Waals surface area (Å²) in [4.78, 5) is 18.4. The zero-order valence-corrected chi connectivity index (χ0v) is 21.9. The second-order valence-electron chi connectivity index (χ2n) is 8.74. The van der Waals surface area contributed by atoms with Crippen LogP contribution in [0.2, 0.25) is 0 Å². The molecular weight excluding hydrogens is 496 g/mol. The van der Waals surface area contributed by atoms with Gasteiger partial charge in [-0.1, -0.05) is 30.3 Å². The van der Waals surface area contributed by atoms with Gasteiger partial charge < -0.3 is 24.8 Å². The van der Waals surface area contributed by atoms with Crippen molar-refractivity contribution >= 4 is 17.5 Å². The summed E-state index contributed by atoms with van der Waals surface area (Å²) in [7, 11) is 4.62. The Bertz CT molecular complexity index is 1580. The molecule has 196 valence electrons. The molecule has 0 spiro atoms. The molecule has 0 saturated heterocycles. The molecule has 10 heteroatoms. The fourth-order valence-electron chi connectivity index (χ4n) is 4.55. The van der Waals surface area contributed by atoms with E-state index in [0.29, 0.717) is 57.1 Å². The monoisotopic (exact) mass is 522 g/mol. The van der Waals surface area contributed by atoms with Crippen molar-refractivity contribution < 1.29 is 19.0 Å². The number of nitrogens with one attached hydrogen (secondary N) is 2. The number of anilines is 2. The lowest BCUT2D eigenvalue weighted by Crippen LogP contribution is -2.31. The second kappa shape index (κ2) is 10.6. The lowest BCUT2D eigenvalue weighted by Gasteiger charge is -2.28. The van der Waals surface area contributed by atoms with Gasteiger partial charge in [-0.2, -0.15) is 10.2 Å². The highest BCUT2D eigenvalue weighted by atomic mass is 16.5. The summed E-state index contributed by atoms with van der Waals surface area (Å²) >= 11 is 0. The van der Waals surface area contributed by atoms with Gasteiger partial charge in [-0.25, -0.2) is 4.68 Å². The van der Waals surface area contributed by atoms with Crippen molar-refractivity contribution in [3.63, 3.8) is 0 Å². The molecule has 0 bridgehead atoms. The Labute approximate surface area is 225 Å². The maximum atomic E-state index is 13.6. The Morgan fingerprint density at radius 1 is 1.00 bits per heavy atom. The molecule has 1 amide bonds. The fraction of sp³-hybridized carbons (Fsp3) is 0.172. The van der Waals surface area contributed by atoms with Crippen molar-refractivity contribution in [3.05, 3.63) is 89.1 Å². The van der Waals surface area contributed by atoms with Gasteiger partial charge in [0.25, 0.3) is 5.91 Å². The average molecular weight is 523 g/mol. The van der Waals surface area contributed by atoms with Gasteiger partial charge in [0.05, 0.1) is 38.5 Å². The molecule has 0 saturated carbocycles. The third-order valence-electron chi connectivity index (χ3n) is 6.41. The quantitative estimate of drug-likeness (QED) is 0.356. The standard InChI is InChI=1S/C29H26N6O4/c1-17-24(28(36)32-21-8-6-5-7-9-21)25(19-12-10-18(16-30)11-13-19)35-29(31-17)33-27(34-35)20-14-22(37-2)26(39-4)23(15-20)38-3/h5-15,25H,1-4H3,(H,32,36)(H,31,33,34). The Morgan fingerprint density at radius 2 is 1.67 bits per heavy atom. The molecule has 1 aliphatic heterocycles. The summed E-state index contributed by atoms with van der Waals surface area (Å²) in [5.74, 6) is 1.96. The Balaban J connectivity index is 1.62. The number of nitriles is 1. The molecule has 39 heavy (non-hydrogen) atoms. The van der Waals surface area contributed by atoms with Gasteiger partial charge in [-0.05, 0) is 48.9 Å². The highest BCUT2D eigenvalue weighted by Gasteiger charge is 2.34. The molecule has 10 nitrogen and oxygen atoms in total. The topological polar surface area (TPSA) is 123 Å². The number of fused-ring (bicyclic) bond motifs is 1. The molecule has 5 rings (SSSR count). The van der Waals surface area contributed by atoms with Crippen molar-refractivity contribution in [2.75, 3.05) is 32.0 Å². The van der Waals surface area contributed by atoms with Crippen LogP contribution >= 0.6 is 0 Å². The molecule has 2 heterocycles. The Kier molecular flexibility index (Phi) is 6.89. The number of para-hydroxylation sites is 1. The third kappa shape index (κ3) is 4.73. The molecule has 0 radical (unpaired) electrons. The zero-order chi connectivity index (χ0) is 27.5. The van der Waals surface area contributed by atoms with E-state index in [1.807, 2.05) is 49.4 Å². The molecule has 3 aromatic carbocycles. The average Bonchev–Trinajstić information content (AvgIpc) is 3.39. The molecule has 1 aliphatic rings. The van der Waals surface area contributed by atoms with E-state index >= 15 is 0 Å². The molecular formula is C29H26N6O4. The predicted molar refractivity (Wildman–Crippen MR) is 146 cm³/mol. The van der Waals surface area contributed by atoms with Crippen LogP contribution in [0, 0.1) is 11.3 Å². The zero-order valence-electron chi connectivity index (χ0n) is 21.9.